The van der Waals surface area contributed by atoms with E-state index in [9.17, 15) is 9.59 Å². The van der Waals surface area contributed by atoms with Crippen LogP contribution in [-0.4, -0.2) is 33.4 Å². The Morgan fingerprint density at radius 1 is 1.24 bits per heavy atom. The molecule has 132 valence electrons. The van der Waals surface area contributed by atoms with Gasteiger partial charge in [0, 0.05) is 23.8 Å². The maximum absolute atomic E-state index is 12.9. The van der Waals surface area contributed by atoms with Crippen LogP contribution in [0.25, 0.3) is 0 Å². The normalized spacial score (nSPS) is 17.5. The van der Waals surface area contributed by atoms with Crippen molar-refractivity contribution in [1.82, 2.24) is 14.9 Å². The number of hydrogen-bond acceptors (Lipinski definition) is 3. The molecule has 1 atom stereocenters. The van der Waals surface area contributed by atoms with Crippen LogP contribution in [0, 0.1) is 13.8 Å². The zero-order chi connectivity index (χ0) is 17.8. The van der Waals surface area contributed by atoms with Crippen molar-refractivity contribution in [2.75, 3.05) is 6.54 Å². The van der Waals surface area contributed by atoms with Crippen molar-refractivity contribution in [3.8, 4) is 0 Å². The van der Waals surface area contributed by atoms with Crippen LogP contribution in [0.2, 0.25) is 0 Å². The average Bonchev–Trinajstić information content (AvgIpc) is 2.59. The number of likely N-dealkylation sites (tertiary alicyclic amines) is 1. The van der Waals surface area contributed by atoms with Gasteiger partial charge in [-0.3, -0.25) is 9.59 Å². The molecule has 1 aromatic heterocycles. The maximum Gasteiger partial charge on any atom is 0.254 e. The minimum Gasteiger partial charge on any atom is -0.339 e. The second-order valence-corrected chi connectivity index (χ2v) is 6.82. The van der Waals surface area contributed by atoms with Gasteiger partial charge in [-0.1, -0.05) is 30.3 Å². The monoisotopic (exact) mass is 339 g/mol. The smallest absolute Gasteiger partial charge is 0.254 e. The summed E-state index contributed by atoms with van der Waals surface area (Å²) in [5.74, 6) is 0.610. The van der Waals surface area contributed by atoms with E-state index in [0.29, 0.717) is 17.1 Å². The Bertz CT molecular complexity index is 798. The number of carbonyl (C=O) groups is 1. The summed E-state index contributed by atoms with van der Waals surface area (Å²) < 4.78 is 0. The van der Waals surface area contributed by atoms with Crippen molar-refractivity contribution in [3.05, 3.63) is 63.3 Å². The molecule has 5 nitrogen and oxygen atoms in total. The number of aromatic amines is 1. The van der Waals surface area contributed by atoms with Gasteiger partial charge >= 0.3 is 0 Å². The van der Waals surface area contributed by atoms with E-state index < -0.39 is 0 Å². The van der Waals surface area contributed by atoms with Crippen molar-refractivity contribution in [3.63, 3.8) is 0 Å². The molecule has 0 unspecified atom stereocenters. The van der Waals surface area contributed by atoms with Gasteiger partial charge in [0.2, 0.25) is 5.91 Å². The van der Waals surface area contributed by atoms with Crippen molar-refractivity contribution in [2.24, 2.45) is 0 Å². The van der Waals surface area contributed by atoms with Gasteiger partial charge in [-0.15, -0.1) is 0 Å². The van der Waals surface area contributed by atoms with Crippen LogP contribution < -0.4 is 5.56 Å². The third-order valence-corrected chi connectivity index (χ3v) is 4.93. The Hall–Kier alpha value is -2.43. The van der Waals surface area contributed by atoms with Gasteiger partial charge in [0.1, 0.15) is 5.82 Å². The fourth-order valence-electron chi connectivity index (χ4n) is 3.64. The molecule has 1 N–H and O–H groups in total. The summed E-state index contributed by atoms with van der Waals surface area (Å²) in [7, 11) is 0. The van der Waals surface area contributed by atoms with E-state index in [4.69, 9.17) is 0 Å². The topological polar surface area (TPSA) is 66.1 Å². The molecule has 5 heteroatoms. The van der Waals surface area contributed by atoms with Crippen LogP contribution in [0.3, 0.4) is 0 Å². The third-order valence-electron chi connectivity index (χ3n) is 4.93. The van der Waals surface area contributed by atoms with Gasteiger partial charge in [0.05, 0.1) is 6.42 Å². The summed E-state index contributed by atoms with van der Waals surface area (Å²) in [5.41, 5.74) is 2.18. The molecule has 2 aromatic rings. The predicted molar refractivity (Wildman–Crippen MR) is 97.5 cm³/mol. The lowest BCUT2D eigenvalue weighted by atomic mass is 9.95. The quantitative estimate of drug-likeness (QED) is 0.931. The fraction of sp³-hybridized carbons (Fsp3) is 0.450. The fourth-order valence-corrected chi connectivity index (χ4v) is 3.64. The minimum absolute atomic E-state index is 0.0277. The van der Waals surface area contributed by atoms with Crippen molar-refractivity contribution in [2.45, 2.75) is 52.0 Å². The van der Waals surface area contributed by atoms with Crippen LogP contribution in [-0.2, 0) is 17.6 Å². The molecule has 0 bridgehead atoms. The third kappa shape index (κ3) is 4.16. The molecular weight excluding hydrogens is 314 g/mol. The number of carbonyl (C=O) groups excluding carboxylic acids is 1. The Kier molecular flexibility index (Phi) is 5.31. The lowest BCUT2D eigenvalue weighted by Crippen LogP contribution is -2.46. The zero-order valence-corrected chi connectivity index (χ0v) is 14.9. The van der Waals surface area contributed by atoms with Crippen LogP contribution in [0.4, 0.5) is 0 Å². The molecule has 0 spiro atoms. The Morgan fingerprint density at radius 3 is 2.72 bits per heavy atom. The molecule has 0 aliphatic carbocycles. The molecule has 0 saturated carbocycles. The SMILES string of the molecule is Cc1nc(C)c(CC(=O)N2CCCC[C@H]2Cc2ccccc2)c(=O)[nH]1. The van der Waals surface area contributed by atoms with Gasteiger partial charge in [0.25, 0.3) is 5.56 Å². The molecule has 25 heavy (non-hydrogen) atoms. The second-order valence-electron chi connectivity index (χ2n) is 6.82. The first-order chi connectivity index (χ1) is 12.0. The molecule has 1 saturated heterocycles. The highest BCUT2D eigenvalue weighted by Crippen LogP contribution is 2.21. The first-order valence-corrected chi connectivity index (χ1v) is 8.94. The standard InChI is InChI=1S/C20H25N3O2/c1-14-18(20(25)22-15(2)21-14)13-19(24)23-11-7-6-10-17(23)12-16-8-4-3-5-9-16/h3-5,8-9,17H,6-7,10-13H2,1-2H3,(H,21,22,25)/t17-/m0/s1. The van der Waals surface area contributed by atoms with E-state index in [-0.39, 0.29) is 23.9 Å². The van der Waals surface area contributed by atoms with Crippen LogP contribution in [0.15, 0.2) is 35.1 Å². The van der Waals surface area contributed by atoms with Crippen LogP contribution in [0.1, 0.15) is 41.9 Å². The molecule has 1 fully saturated rings. The number of hydrogen-bond donors (Lipinski definition) is 1. The summed E-state index contributed by atoms with van der Waals surface area (Å²) in [6.07, 6.45) is 4.18. The lowest BCUT2D eigenvalue weighted by Gasteiger charge is -2.36. The van der Waals surface area contributed by atoms with Gasteiger partial charge in [-0.05, 0) is 45.1 Å². The van der Waals surface area contributed by atoms with E-state index in [0.717, 1.165) is 32.2 Å². The molecular formula is C20H25N3O2. The predicted octanol–water partition coefficient (Wildman–Crippen LogP) is 2.55. The molecule has 0 radical (unpaired) electrons. The average molecular weight is 339 g/mol. The van der Waals surface area contributed by atoms with Gasteiger partial charge in [-0.2, -0.15) is 0 Å². The highest BCUT2D eigenvalue weighted by atomic mass is 16.2. The number of amides is 1. The molecule has 2 heterocycles. The largest absolute Gasteiger partial charge is 0.339 e. The number of piperidine rings is 1. The second kappa shape index (κ2) is 7.64. The first-order valence-electron chi connectivity index (χ1n) is 8.94. The molecule has 3 rings (SSSR count). The number of nitrogens with one attached hydrogen (secondary N) is 1. The summed E-state index contributed by atoms with van der Waals surface area (Å²) in [5, 5.41) is 0. The maximum atomic E-state index is 12.9. The van der Waals surface area contributed by atoms with Crippen molar-refractivity contribution >= 4 is 5.91 Å². The highest BCUT2D eigenvalue weighted by Gasteiger charge is 2.27. The molecule has 1 amide bonds. The number of H-pyrrole nitrogens is 1. The van der Waals surface area contributed by atoms with Crippen LogP contribution >= 0.6 is 0 Å². The summed E-state index contributed by atoms with van der Waals surface area (Å²) >= 11 is 0. The number of aryl methyl sites for hydroxylation is 2. The van der Waals surface area contributed by atoms with Gasteiger partial charge in [-0.25, -0.2) is 4.98 Å². The van der Waals surface area contributed by atoms with Crippen molar-refractivity contribution < 1.29 is 4.79 Å². The summed E-state index contributed by atoms with van der Waals surface area (Å²) in [6, 6.07) is 10.5. The molecule has 1 aliphatic rings. The lowest BCUT2D eigenvalue weighted by molar-refractivity contribution is -0.134. The Labute approximate surface area is 148 Å². The van der Waals surface area contributed by atoms with Crippen molar-refractivity contribution in [1.29, 1.82) is 0 Å². The van der Waals surface area contributed by atoms with Crippen LogP contribution in [0.5, 0.6) is 0 Å². The number of nitrogens with zero attached hydrogens (tertiary/aromatic N) is 2. The minimum atomic E-state index is -0.199. The van der Waals surface area contributed by atoms with Gasteiger partial charge in [0.15, 0.2) is 0 Å². The Morgan fingerprint density at radius 2 is 2.00 bits per heavy atom. The number of aromatic nitrogens is 2. The molecule has 1 aliphatic heterocycles. The van der Waals surface area contributed by atoms with E-state index in [1.807, 2.05) is 23.1 Å². The summed E-state index contributed by atoms with van der Waals surface area (Å²) in [6.45, 7) is 4.32. The molecule has 1 aromatic carbocycles. The summed E-state index contributed by atoms with van der Waals surface area (Å²) in [4.78, 5) is 34.1. The van der Waals surface area contributed by atoms with E-state index >= 15 is 0 Å². The number of rotatable bonds is 4. The Balaban J connectivity index is 1.76. The first kappa shape index (κ1) is 17.4. The van der Waals surface area contributed by atoms with Gasteiger partial charge < -0.3 is 9.88 Å². The highest BCUT2D eigenvalue weighted by molar-refractivity contribution is 5.79. The van der Waals surface area contributed by atoms with E-state index in [1.54, 1.807) is 13.8 Å². The number of benzene rings is 1. The zero-order valence-electron chi connectivity index (χ0n) is 14.9. The van der Waals surface area contributed by atoms with E-state index in [1.165, 1.54) is 5.56 Å². The van der Waals surface area contributed by atoms with E-state index in [2.05, 4.69) is 22.1 Å².